The van der Waals surface area contributed by atoms with Gasteiger partial charge in [0.15, 0.2) is 0 Å². The first-order chi connectivity index (χ1) is 15.3. The molecule has 2 heterocycles. The molecule has 0 N–H and O–H groups in total. The average molecular weight is 450 g/mol. The van der Waals surface area contributed by atoms with E-state index in [9.17, 15) is 14.4 Å². The van der Waals surface area contributed by atoms with Gasteiger partial charge in [0, 0.05) is 25.2 Å². The fraction of sp³-hybridized carbons (Fsp3) is 0.591. The number of benzene rings is 1. The van der Waals surface area contributed by atoms with Crippen molar-refractivity contribution >= 4 is 17.9 Å². The predicted molar refractivity (Wildman–Crippen MR) is 114 cm³/mol. The predicted octanol–water partition coefficient (Wildman–Crippen LogP) is 1.12. The van der Waals surface area contributed by atoms with Crippen LogP contribution in [0.15, 0.2) is 18.2 Å². The Bertz CT molecular complexity index is 823. The molecular formula is C22H31N3O7. The Morgan fingerprint density at radius 2 is 1.81 bits per heavy atom. The highest BCUT2D eigenvalue weighted by Crippen LogP contribution is 2.24. The molecule has 3 amide bonds. The van der Waals surface area contributed by atoms with Crippen molar-refractivity contribution in [2.75, 3.05) is 53.6 Å². The molecule has 2 saturated heterocycles. The third-order valence-corrected chi connectivity index (χ3v) is 5.51. The van der Waals surface area contributed by atoms with E-state index in [1.807, 2.05) is 26.0 Å². The zero-order chi connectivity index (χ0) is 23.3. The monoisotopic (exact) mass is 449 g/mol. The molecule has 2 fully saturated rings. The first-order valence-corrected chi connectivity index (χ1v) is 10.6. The number of carbonyl (C=O) groups is 3. The fourth-order valence-corrected chi connectivity index (χ4v) is 3.73. The molecule has 3 rings (SSSR count). The van der Waals surface area contributed by atoms with E-state index in [2.05, 4.69) is 0 Å². The molecule has 1 atom stereocenters. The number of ether oxygens (including phenoxy) is 4. The molecule has 0 bridgehead atoms. The second-order valence-corrected chi connectivity index (χ2v) is 8.10. The summed E-state index contributed by atoms with van der Waals surface area (Å²) in [5, 5.41) is 0. The maximum Gasteiger partial charge on any atom is 0.410 e. The Morgan fingerprint density at radius 1 is 1.12 bits per heavy atom. The van der Waals surface area contributed by atoms with Gasteiger partial charge in [-0.2, -0.15) is 0 Å². The highest BCUT2D eigenvalue weighted by atomic mass is 16.6. The first-order valence-electron chi connectivity index (χ1n) is 10.6. The third kappa shape index (κ3) is 5.82. The molecule has 0 aliphatic carbocycles. The average Bonchev–Trinajstić information content (AvgIpc) is 3.08. The second-order valence-electron chi connectivity index (χ2n) is 8.10. The first kappa shape index (κ1) is 23.6. The largest absolute Gasteiger partial charge is 0.497 e. The van der Waals surface area contributed by atoms with Crippen molar-refractivity contribution in [3.63, 3.8) is 0 Å². The topological polar surface area (TPSA) is 97.8 Å². The molecule has 0 radical (unpaired) electrons. The molecule has 176 valence electrons. The van der Waals surface area contributed by atoms with Crippen LogP contribution < -0.4 is 9.47 Å². The fourth-order valence-electron chi connectivity index (χ4n) is 3.73. The van der Waals surface area contributed by atoms with Gasteiger partial charge in [-0.25, -0.2) is 4.79 Å². The number of carbonyl (C=O) groups excluding carboxylic acids is 3. The van der Waals surface area contributed by atoms with Gasteiger partial charge in [-0.1, -0.05) is 0 Å². The van der Waals surface area contributed by atoms with Crippen LogP contribution in [0.2, 0.25) is 0 Å². The zero-order valence-electron chi connectivity index (χ0n) is 19.0. The smallest absolute Gasteiger partial charge is 0.410 e. The van der Waals surface area contributed by atoms with E-state index in [-0.39, 0.29) is 50.7 Å². The van der Waals surface area contributed by atoms with Crippen LogP contribution in [0.4, 0.5) is 4.79 Å². The molecule has 1 unspecified atom stereocenters. The Balaban J connectivity index is 1.72. The van der Waals surface area contributed by atoms with Crippen LogP contribution in [-0.2, 0) is 25.7 Å². The van der Waals surface area contributed by atoms with Crippen LogP contribution in [0.25, 0.3) is 0 Å². The summed E-state index contributed by atoms with van der Waals surface area (Å²) >= 11 is 0. The molecule has 0 saturated carbocycles. The molecule has 2 aliphatic heterocycles. The standard InChI is InChI=1S/C22H31N3O7/c1-15(2)25-11-19(32-14-16-7-17(29-3)9-18(8-16)30-4)10-24(13-21(25)27)20(26)12-23-5-6-31-22(23)28/h7-9,15,19H,5-6,10-14H2,1-4H3. The lowest BCUT2D eigenvalue weighted by atomic mass is 10.2. The maximum atomic E-state index is 12.9. The van der Waals surface area contributed by atoms with Gasteiger partial charge in [0.2, 0.25) is 11.8 Å². The van der Waals surface area contributed by atoms with E-state index in [0.717, 1.165) is 5.56 Å². The van der Waals surface area contributed by atoms with Crippen LogP contribution in [0, 0.1) is 0 Å². The van der Waals surface area contributed by atoms with Crippen LogP contribution in [-0.4, -0.2) is 98.3 Å². The summed E-state index contributed by atoms with van der Waals surface area (Å²) < 4.78 is 21.7. The van der Waals surface area contributed by atoms with Crippen molar-refractivity contribution in [3.05, 3.63) is 23.8 Å². The van der Waals surface area contributed by atoms with E-state index in [0.29, 0.717) is 24.6 Å². The van der Waals surface area contributed by atoms with Crippen molar-refractivity contribution in [2.24, 2.45) is 0 Å². The van der Waals surface area contributed by atoms with Crippen molar-refractivity contribution in [1.29, 1.82) is 0 Å². The number of hydrogen-bond acceptors (Lipinski definition) is 7. The van der Waals surface area contributed by atoms with Crippen LogP contribution in [0.5, 0.6) is 11.5 Å². The number of rotatable bonds is 8. The molecule has 0 spiro atoms. The van der Waals surface area contributed by atoms with Gasteiger partial charge < -0.3 is 28.7 Å². The molecule has 0 aromatic heterocycles. The molecular weight excluding hydrogens is 418 g/mol. The van der Waals surface area contributed by atoms with Gasteiger partial charge in [-0.3, -0.25) is 14.5 Å². The summed E-state index contributed by atoms with van der Waals surface area (Å²) in [5.41, 5.74) is 0.852. The Labute approximate surface area is 187 Å². The molecule has 1 aromatic rings. The van der Waals surface area contributed by atoms with Crippen molar-refractivity contribution in [2.45, 2.75) is 32.6 Å². The number of amides is 3. The van der Waals surface area contributed by atoms with Gasteiger partial charge in [-0.15, -0.1) is 0 Å². The quantitative estimate of drug-likeness (QED) is 0.587. The lowest BCUT2D eigenvalue weighted by Gasteiger charge is -2.27. The number of nitrogens with zero attached hydrogens (tertiary/aromatic N) is 3. The number of methoxy groups -OCH3 is 2. The van der Waals surface area contributed by atoms with Gasteiger partial charge in [0.1, 0.15) is 24.7 Å². The molecule has 10 heteroatoms. The maximum absolute atomic E-state index is 12.9. The van der Waals surface area contributed by atoms with E-state index in [1.54, 1.807) is 25.2 Å². The summed E-state index contributed by atoms with van der Waals surface area (Å²) in [7, 11) is 3.16. The highest BCUT2D eigenvalue weighted by Gasteiger charge is 2.34. The van der Waals surface area contributed by atoms with E-state index in [1.165, 1.54) is 9.80 Å². The lowest BCUT2D eigenvalue weighted by molar-refractivity contribution is -0.139. The second kappa shape index (κ2) is 10.5. The van der Waals surface area contributed by atoms with Gasteiger partial charge in [0.05, 0.1) is 40.0 Å². The summed E-state index contributed by atoms with van der Waals surface area (Å²) in [6, 6.07) is 5.45. The summed E-state index contributed by atoms with van der Waals surface area (Å²) in [6.45, 7) is 5.20. The Hall–Kier alpha value is -3.01. The normalized spacial score (nSPS) is 19.3. The Kier molecular flexibility index (Phi) is 7.79. The highest BCUT2D eigenvalue weighted by molar-refractivity contribution is 5.88. The summed E-state index contributed by atoms with van der Waals surface area (Å²) in [4.78, 5) is 41.9. The van der Waals surface area contributed by atoms with Crippen LogP contribution in [0.3, 0.4) is 0 Å². The minimum atomic E-state index is -0.511. The lowest BCUT2D eigenvalue weighted by Crippen LogP contribution is -2.45. The third-order valence-electron chi connectivity index (χ3n) is 5.51. The number of hydrogen-bond donors (Lipinski definition) is 0. The van der Waals surface area contributed by atoms with Crippen LogP contribution >= 0.6 is 0 Å². The van der Waals surface area contributed by atoms with Crippen molar-refractivity contribution < 1.29 is 33.3 Å². The van der Waals surface area contributed by atoms with Crippen molar-refractivity contribution in [3.8, 4) is 11.5 Å². The van der Waals surface area contributed by atoms with Gasteiger partial charge in [-0.05, 0) is 31.5 Å². The Morgan fingerprint density at radius 3 is 2.38 bits per heavy atom. The minimum Gasteiger partial charge on any atom is -0.497 e. The summed E-state index contributed by atoms with van der Waals surface area (Å²) in [5.74, 6) is 0.847. The molecule has 10 nitrogen and oxygen atoms in total. The summed E-state index contributed by atoms with van der Waals surface area (Å²) in [6.07, 6.45) is -0.904. The van der Waals surface area contributed by atoms with E-state index in [4.69, 9.17) is 18.9 Å². The van der Waals surface area contributed by atoms with E-state index >= 15 is 0 Å². The molecule has 1 aromatic carbocycles. The molecule has 2 aliphatic rings. The van der Waals surface area contributed by atoms with Crippen LogP contribution in [0.1, 0.15) is 19.4 Å². The van der Waals surface area contributed by atoms with Gasteiger partial charge >= 0.3 is 6.09 Å². The van der Waals surface area contributed by atoms with E-state index < -0.39 is 12.2 Å². The minimum absolute atomic E-state index is 0.0332. The van der Waals surface area contributed by atoms with Gasteiger partial charge in [0.25, 0.3) is 0 Å². The number of cyclic esters (lactones) is 1. The zero-order valence-corrected chi connectivity index (χ0v) is 19.0. The SMILES string of the molecule is COc1cc(COC2CN(C(=O)CN3CCOC3=O)CC(=O)N(C(C)C)C2)cc(OC)c1. The molecule has 32 heavy (non-hydrogen) atoms. The van der Waals surface area contributed by atoms with Crippen molar-refractivity contribution in [1.82, 2.24) is 14.7 Å².